The zero-order valence-corrected chi connectivity index (χ0v) is 15.5. The molecule has 1 aliphatic rings. The van der Waals surface area contributed by atoms with Gasteiger partial charge in [0, 0.05) is 18.3 Å². The molecule has 10 heteroatoms. The highest BCUT2D eigenvalue weighted by Crippen LogP contribution is 2.36. The van der Waals surface area contributed by atoms with Gasteiger partial charge in [-0.25, -0.2) is 23.5 Å². The van der Waals surface area contributed by atoms with Crippen molar-refractivity contribution in [2.45, 2.75) is 18.9 Å². The first-order chi connectivity index (χ1) is 14.0. The zero-order valence-electron chi connectivity index (χ0n) is 15.5. The number of amides is 1. The van der Waals surface area contributed by atoms with E-state index in [1.165, 1.54) is 12.5 Å². The first-order valence-corrected chi connectivity index (χ1v) is 9.06. The van der Waals surface area contributed by atoms with E-state index in [4.69, 9.17) is 0 Å². The third-order valence-corrected chi connectivity index (χ3v) is 4.87. The number of rotatable bonds is 6. The lowest BCUT2D eigenvalue weighted by molar-refractivity contribution is 0.186. The molecule has 0 aliphatic heterocycles. The number of aromatic amines is 1. The summed E-state index contributed by atoms with van der Waals surface area (Å²) in [7, 11) is 1.12. The van der Waals surface area contributed by atoms with E-state index in [0.29, 0.717) is 29.3 Å². The lowest BCUT2D eigenvalue weighted by atomic mass is 9.99. The molecule has 0 radical (unpaired) electrons. The molecule has 29 heavy (non-hydrogen) atoms. The van der Waals surface area contributed by atoms with Gasteiger partial charge in [-0.1, -0.05) is 0 Å². The van der Waals surface area contributed by atoms with Crippen molar-refractivity contribution in [3.05, 3.63) is 47.4 Å². The number of aliphatic hydroxyl groups excluding tert-OH is 1. The van der Waals surface area contributed by atoms with Crippen LogP contribution in [0, 0.1) is 17.6 Å². The maximum atomic E-state index is 14.9. The quantitative estimate of drug-likeness (QED) is 0.502. The highest BCUT2D eigenvalue weighted by atomic mass is 19.1. The molecule has 1 aromatic carbocycles. The largest absolute Gasteiger partial charge is 0.453 e. The van der Waals surface area contributed by atoms with E-state index in [1.54, 1.807) is 0 Å². The Hall–Kier alpha value is -3.27. The fourth-order valence-electron chi connectivity index (χ4n) is 3.13. The monoisotopic (exact) mass is 403 g/mol. The summed E-state index contributed by atoms with van der Waals surface area (Å²) in [4.78, 5) is 22.6. The Morgan fingerprint density at radius 3 is 2.90 bits per heavy atom. The lowest BCUT2D eigenvalue weighted by Crippen LogP contribution is -2.15. The predicted molar refractivity (Wildman–Crippen MR) is 102 cm³/mol. The number of carbonyl (C=O) groups excluding carboxylic acids is 1. The second kappa shape index (κ2) is 7.63. The van der Waals surface area contributed by atoms with Crippen LogP contribution < -0.4 is 10.6 Å². The van der Waals surface area contributed by atoms with Crippen LogP contribution in [0.3, 0.4) is 0 Å². The van der Waals surface area contributed by atoms with Crippen LogP contribution in [-0.4, -0.2) is 39.8 Å². The first-order valence-electron chi connectivity index (χ1n) is 9.06. The number of ether oxygens (including phenoxy) is 1. The van der Waals surface area contributed by atoms with Crippen molar-refractivity contribution < 1.29 is 23.4 Å². The molecule has 0 saturated heterocycles. The average Bonchev–Trinajstić information content (AvgIpc) is 3.44. The number of carbonyl (C=O) groups is 1. The van der Waals surface area contributed by atoms with E-state index in [1.807, 2.05) is 0 Å². The zero-order chi connectivity index (χ0) is 20.5. The molecule has 1 unspecified atom stereocenters. The fourth-order valence-corrected chi connectivity index (χ4v) is 3.13. The van der Waals surface area contributed by atoms with E-state index < -0.39 is 29.4 Å². The van der Waals surface area contributed by atoms with Crippen LogP contribution >= 0.6 is 0 Å². The number of anilines is 2. The van der Waals surface area contributed by atoms with Crippen molar-refractivity contribution in [3.63, 3.8) is 0 Å². The Morgan fingerprint density at radius 2 is 2.17 bits per heavy atom. The summed E-state index contributed by atoms with van der Waals surface area (Å²) >= 11 is 0. The summed E-state index contributed by atoms with van der Waals surface area (Å²) in [6.45, 7) is 0.716. The maximum absolute atomic E-state index is 14.9. The second-order valence-electron chi connectivity index (χ2n) is 6.86. The van der Waals surface area contributed by atoms with E-state index in [2.05, 4.69) is 30.3 Å². The minimum absolute atomic E-state index is 0.215. The van der Waals surface area contributed by atoms with Crippen LogP contribution in [-0.2, 0) is 4.74 Å². The summed E-state index contributed by atoms with van der Waals surface area (Å²) in [5.41, 5.74) is -0.267. The van der Waals surface area contributed by atoms with Crippen LogP contribution in [0.4, 0.5) is 25.1 Å². The second-order valence-corrected chi connectivity index (χ2v) is 6.86. The van der Waals surface area contributed by atoms with Crippen LogP contribution in [0.15, 0.2) is 24.7 Å². The molecule has 2 heterocycles. The Morgan fingerprint density at radius 1 is 1.38 bits per heavy atom. The van der Waals surface area contributed by atoms with E-state index in [9.17, 15) is 18.7 Å². The molecule has 1 aliphatic carbocycles. The number of nitrogens with zero attached hydrogens (tertiary/aromatic N) is 2. The van der Waals surface area contributed by atoms with Gasteiger partial charge in [0.15, 0.2) is 5.82 Å². The summed E-state index contributed by atoms with van der Waals surface area (Å²) in [6, 6.07) is 2.02. The minimum Gasteiger partial charge on any atom is -0.453 e. The molecule has 4 N–H and O–H groups in total. The molecular weight excluding hydrogens is 384 g/mol. The number of hydrogen-bond donors (Lipinski definition) is 4. The van der Waals surface area contributed by atoms with Gasteiger partial charge in [0.1, 0.15) is 29.7 Å². The summed E-state index contributed by atoms with van der Waals surface area (Å²) in [6.07, 6.45) is 2.51. The predicted octanol–water partition coefficient (Wildman–Crippen LogP) is 3.32. The van der Waals surface area contributed by atoms with Gasteiger partial charge in [0.05, 0.1) is 23.7 Å². The number of aromatic nitrogens is 3. The fraction of sp³-hybridized carbons (Fsp3) is 0.316. The standard InChI is InChI=1S/C19H19F2N5O3/c1-29-19(28)26-12-5-4-11(20)14(15(12)21)16(27)10-7-23-18-13(10)17(24-8-25-18)22-6-9-2-3-9/h4-5,7-9,16,27H,2-3,6H2,1H3,(H,26,28)(H2,22,23,24,25). The number of methoxy groups -OCH3 is 1. The first kappa shape index (κ1) is 19.1. The molecule has 0 spiro atoms. The number of halogens is 2. The summed E-state index contributed by atoms with van der Waals surface area (Å²) < 4.78 is 33.8. The molecule has 1 amide bonds. The number of nitrogens with one attached hydrogen (secondary N) is 3. The van der Waals surface area contributed by atoms with Crippen molar-refractivity contribution in [1.29, 1.82) is 0 Å². The molecule has 1 saturated carbocycles. The van der Waals surface area contributed by atoms with Crippen molar-refractivity contribution in [1.82, 2.24) is 15.0 Å². The van der Waals surface area contributed by atoms with Gasteiger partial charge < -0.3 is 20.1 Å². The normalized spacial score (nSPS) is 14.6. The van der Waals surface area contributed by atoms with Gasteiger partial charge in [-0.3, -0.25) is 5.32 Å². The minimum atomic E-state index is -1.66. The van der Waals surface area contributed by atoms with Crippen molar-refractivity contribution in [2.75, 3.05) is 24.3 Å². The molecule has 4 rings (SSSR count). The van der Waals surface area contributed by atoms with Crippen molar-refractivity contribution in [3.8, 4) is 0 Å². The summed E-state index contributed by atoms with van der Waals surface area (Å²) in [5.74, 6) is -1.00. The molecular formula is C19H19F2N5O3. The van der Waals surface area contributed by atoms with Crippen LogP contribution in [0.1, 0.15) is 30.1 Å². The topological polar surface area (TPSA) is 112 Å². The molecule has 2 aromatic heterocycles. The van der Waals surface area contributed by atoms with Gasteiger partial charge in [0.2, 0.25) is 0 Å². The Labute approximate surface area is 164 Å². The molecule has 0 bridgehead atoms. The molecule has 1 fully saturated rings. The number of fused-ring (bicyclic) bond motifs is 1. The van der Waals surface area contributed by atoms with E-state index in [-0.39, 0.29) is 11.3 Å². The molecule has 3 aromatic rings. The highest BCUT2D eigenvalue weighted by Gasteiger charge is 2.27. The van der Waals surface area contributed by atoms with Gasteiger partial charge in [-0.2, -0.15) is 0 Å². The Bertz CT molecular complexity index is 1070. The molecule has 1 atom stereocenters. The van der Waals surface area contributed by atoms with Gasteiger partial charge in [-0.15, -0.1) is 0 Å². The number of hydrogen-bond acceptors (Lipinski definition) is 6. The molecule has 152 valence electrons. The van der Waals surface area contributed by atoms with E-state index >= 15 is 0 Å². The third kappa shape index (κ3) is 3.70. The van der Waals surface area contributed by atoms with Gasteiger partial charge in [0.25, 0.3) is 0 Å². The maximum Gasteiger partial charge on any atom is 0.411 e. The van der Waals surface area contributed by atoms with Crippen LogP contribution in [0.2, 0.25) is 0 Å². The third-order valence-electron chi connectivity index (χ3n) is 4.87. The average molecular weight is 403 g/mol. The Balaban J connectivity index is 1.74. The smallest absolute Gasteiger partial charge is 0.411 e. The van der Waals surface area contributed by atoms with E-state index in [0.717, 1.165) is 32.1 Å². The van der Waals surface area contributed by atoms with Gasteiger partial charge in [-0.05, 0) is 30.9 Å². The van der Waals surface area contributed by atoms with Crippen molar-refractivity contribution in [2.24, 2.45) is 5.92 Å². The highest BCUT2D eigenvalue weighted by molar-refractivity contribution is 5.91. The van der Waals surface area contributed by atoms with Gasteiger partial charge >= 0.3 is 6.09 Å². The number of H-pyrrole nitrogens is 1. The molecule has 8 nitrogen and oxygen atoms in total. The lowest BCUT2D eigenvalue weighted by Gasteiger charge is -2.16. The number of benzene rings is 1. The van der Waals surface area contributed by atoms with Crippen LogP contribution in [0.25, 0.3) is 11.0 Å². The number of aliphatic hydroxyl groups is 1. The summed E-state index contributed by atoms with van der Waals surface area (Å²) in [5, 5.41) is 16.7. The van der Waals surface area contributed by atoms with Crippen LogP contribution in [0.5, 0.6) is 0 Å². The van der Waals surface area contributed by atoms with Crippen molar-refractivity contribution >= 4 is 28.6 Å². The Kier molecular flexibility index (Phi) is 5.01. The SMILES string of the molecule is COC(=O)Nc1ccc(F)c(C(O)c2c[nH]c3ncnc(NCC4CC4)c23)c1F.